The summed E-state index contributed by atoms with van der Waals surface area (Å²) in [6.07, 6.45) is 0.775. The number of nitrogens with two attached hydrogens (primary N) is 1. The van der Waals surface area contributed by atoms with Gasteiger partial charge in [0.05, 0.1) is 6.61 Å². The van der Waals surface area contributed by atoms with Gasteiger partial charge in [0.2, 0.25) is 0 Å². The molecule has 15 heavy (non-hydrogen) atoms. The van der Waals surface area contributed by atoms with Crippen LogP contribution in [0.25, 0.3) is 0 Å². The third-order valence-electron chi connectivity index (χ3n) is 2.44. The van der Waals surface area contributed by atoms with E-state index in [0.717, 1.165) is 22.6 Å². The summed E-state index contributed by atoms with van der Waals surface area (Å²) in [6.45, 7) is 2.49. The minimum Gasteiger partial charge on any atom is -0.465 e. The van der Waals surface area contributed by atoms with Gasteiger partial charge in [-0.2, -0.15) is 0 Å². The molecule has 4 heteroatoms. The van der Waals surface area contributed by atoms with Gasteiger partial charge in [-0.15, -0.1) is 11.8 Å². The van der Waals surface area contributed by atoms with Gasteiger partial charge < -0.3 is 10.5 Å². The van der Waals surface area contributed by atoms with Crippen LogP contribution in [0.5, 0.6) is 0 Å². The van der Waals surface area contributed by atoms with Crippen LogP contribution in [0.3, 0.4) is 0 Å². The molecule has 1 aliphatic rings. The fraction of sp³-hybridized carbons (Fsp3) is 0.364. The maximum atomic E-state index is 11.3. The number of ether oxygens (including phenoxy) is 1. The lowest BCUT2D eigenvalue weighted by Crippen LogP contribution is -2.09. The molecule has 2 N–H and O–H groups in total. The normalized spacial score (nSPS) is 20.3. The second-order valence-electron chi connectivity index (χ2n) is 3.55. The van der Waals surface area contributed by atoms with Crippen LogP contribution in [0.2, 0.25) is 0 Å². The lowest BCUT2D eigenvalue weighted by Gasteiger charge is -2.09. The number of cyclic esters (lactones) is 1. The second kappa shape index (κ2) is 4.14. The zero-order chi connectivity index (χ0) is 10.8. The van der Waals surface area contributed by atoms with Gasteiger partial charge >= 0.3 is 5.97 Å². The van der Waals surface area contributed by atoms with Gasteiger partial charge in [-0.3, -0.25) is 4.79 Å². The number of nitrogen functional groups attached to an aromatic ring is 1. The minimum atomic E-state index is -0.124. The smallest absolute Gasteiger partial charge is 0.319 e. The molecule has 1 atom stereocenters. The van der Waals surface area contributed by atoms with Crippen LogP contribution in [0.4, 0.5) is 5.69 Å². The highest BCUT2D eigenvalue weighted by molar-refractivity contribution is 8.00. The first-order valence-corrected chi connectivity index (χ1v) is 5.75. The molecule has 1 aliphatic heterocycles. The standard InChI is InChI=1S/C11H13NO2S/c1-7-3-2-4-8(10(7)12)15-9-5-6-14-11(9)13/h2-4,9H,5-6,12H2,1H3. The summed E-state index contributed by atoms with van der Waals surface area (Å²) in [5.74, 6) is -0.124. The summed E-state index contributed by atoms with van der Waals surface area (Å²) in [5, 5.41) is -0.0888. The van der Waals surface area contributed by atoms with Crippen molar-refractivity contribution in [1.29, 1.82) is 0 Å². The lowest BCUT2D eigenvalue weighted by molar-refractivity contribution is -0.137. The molecule has 0 spiro atoms. The van der Waals surface area contributed by atoms with Crippen molar-refractivity contribution in [3.05, 3.63) is 23.8 Å². The molecule has 0 amide bonds. The molecule has 0 aromatic heterocycles. The summed E-state index contributed by atoms with van der Waals surface area (Å²) in [6, 6.07) is 5.86. The fourth-order valence-electron chi connectivity index (χ4n) is 1.49. The first-order valence-electron chi connectivity index (χ1n) is 4.87. The Kier molecular flexibility index (Phi) is 2.86. The number of esters is 1. The highest BCUT2D eigenvalue weighted by Crippen LogP contribution is 2.34. The SMILES string of the molecule is Cc1cccc(SC2CCOC2=O)c1N. The lowest BCUT2D eigenvalue weighted by atomic mass is 10.2. The van der Waals surface area contributed by atoms with Crippen LogP contribution in [0, 0.1) is 6.92 Å². The molecule has 0 radical (unpaired) electrons. The predicted octanol–water partition coefficient (Wildman–Crippen LogP) is 1.98. The van der Waals surface area contributed by atoms with E-state index >= 15 is 0 Å². The van der Waals surface area contributed by atoms with Crippen LogP contribution in [0.1, 0.15) is 12.0 Å². The van der Waals surface area contributed by atoms with Crippen LogP contribution >= 0.6 is 11.8 Å². The van der Waals surface area contributed by atoms with Gasteiger partial charge in [-0.1, -0.05) is 12.1 Å². The van der Waals surface area contributed by atoms with Crippen molar-refractivity contribution in [1.82, 2.24) is 0 Å². The zero-order valence-corrected chi connectivity index (χ0v) is 9.34. The predicted molar refractivity (Wildman–Crippen MR) is 60.8 cm³/mol. The van der Waals surface area contributed by atoms with Crippen LogP contribution in [-0.2, 0) is 9.53 Å². The average molecular weight is 223 g/mol. The highest BCUT2D eigenvalue weighted by atomic mass is 32.2. The average Bonchev–Trinajstić information content (AvgIpc) is 2.60. The van der Waals surface area contributed by atoms with Crippen molar-refractivity contribution < 1.29 is 9.53 Å². The fourth-order valence-corrected chi connectivity index (χ4v) is 2.62. The number of carbonyl (C=O) groups is 1. The molecular weight excluding hydrogens is 210 g/mol. The maximum absolute atomic E-state index is 11.3. The Hall–Kier alpha value is -1.16. The molecule has 2 rings (SSSR count). The number of para-hydroxylation sites is 1. The van der Waals surface area contributed by atoms with Gasteiger partial charge in [-0.25, -0.2) is 0 Å². The van der Waals surface area contributed by atoms with E-state index in [4.69, 9.17) is 10.5 Å². The molecule has 1 saturated heterocycles. The van der Waals surface area contributed by atoms with E-state index < -0.39 is 0 Å². The van der Waals surface area contributed by atoms with E-state index in [1.54, 1.807) is 0 Å². The Morgan fingerprint density at radius 3 is 3.00 bits per heavy atom. The Labute approximate surface area is 93.0 Å². The zero-order valence-electron chi connectivity index (χ0n) is 8.53. The van der Waals surface area contributed by atoms with Crippen molar-refractivity contribution in [2.45, 2.75) is 23.5 Å². The summed E-state index contributed by atoms with van der Waals surface area (Å²) in [5.41, 5.74) is 7.75. The van der Waals surface area contributed by atoms with E-state index in [0.29, 0.717) is 6.61 Å². The topological polar surface area (TPSA) is 52.3 Å². The molecule has 1 aromatic rings. The molecule has 3 nitrogen and oxygen atoms in total. The summed E-state index contributed by atoms with van der Waals surface area (Å²) in [7, 11) is 0. The van der Waals surface area contributed by atoms with Gasteiger partial charge in [0.1, 0.15) is 5.25 Å². The van der Waals surface area contributed by atoms with Gasteiger partial charge in [-0.05, 0) is 18.6 Å². The molecule has 1 heterocycles. The van der Waals surface area contributed by atoms with E-state index in [-0.39, 0.29) is 11.2 Å². The number of hydrogen-bond donors (Lipinski definition) is 1. The van der Waals surface area contributed by atoms with Crippen molar-refractivity contribution in [3.8, 4) is 0 Å². The van der Waals surface area contributed by atoms with Gasteiger partial charge in [0.15, 0.2) is 0 Å². The summed E-state index contributed by atoms with van der Waals surface area (Å²) < 4.78 is 4.91. The van der Waals surface area contributed by atoms with Crippen molar-refractivity contribution in [3.63, 3.8) is 0 Å². The monoisotopic (exact) mass is 223 g/mol. The molecule has 1 fully saturated rings. The van der Waals surface area contributed by atoms with E-state index in [1.165, 1.54) is 11.8 Å². The molecule has 1 unspecified atom stereocenters. The number of benzene rings is 1. The summed E-state index contributed by atoms with van der Waals surface area (Å²) in [4.78, 5) is 12.3. The number of hydrogen-bond acceptors (Lipinski definition) is 4. The number of anilines is 1. The summed E-state index contributed by atoms with van der Waals surface area (Å²) >= 11 is 1.50. The molecule has 80 valence electrons. The number of thioether (sulfide) groups is 1. The number of rotatable bonds is 2. The Bertz CT molecular complexity index is 392. The van der Waals surface area contributed by atoms with E-state index in [9.17, 15) is 4.79 Å². The Morgan fingerprint density at radius 2 is 2.33 bits per heavy atom. The van der Waals surface area contributed by atoms with Crippen LogP contribution in [-0.4, -0.2) is 17.8 Å². The molecular formula is C11H13NO2S. The Balaban J connectivity index is 2.17. The van der Waals surface area contributed by atoms with Crippen molar-refractivity contribution >= 4 is 23.4 Å². The maximum Gasteiger partial charge on any atom is 0.319 e. The third-order valence-corrected chi connectivity index (χ3v) is 3.76. The third kappa shape index (κ3) is 2.09. The van der Waals surface area contributed by atoms with Crippen molar-refractivity contribution in [2.75, 3.05) is 12.3 Å². The van der Waals surface area contributed by atoms with E-state index in [2.05, 4.69) is 0 Å². The van der Waals surface area contributed by atoms with Gasteiger partial charge in [0.25, 0.3) is 0 Å². The van der Waals surface area contributed by atoms with E-state index in [1.807, 2.05) is 25.1 Å². The second-order valence-corrected chi connectivity index (χ2v) is 4.79. The highest BCUT2D eigenvalue weighted by Gasteiger charge is 2.27. The Morgan fingerprint density at radius 1 is 1.53 bits per heavy atom. The van der Waals surface area contributed by atoms with Crippen LogP contribution < -0.4 is 5.73 Å². The molecule has 0 aliphatic carbocycles. The minimum absolute atomic E-state index is 0.0888. The molecule has 0 bridgehead atoms. The number of aryl methyl sites for hydroxylation is 1. The van der Waals surface area contributed by atoms with Crippen molar-refractivity contribution in [2.24, 2.45) is 0 Å². The van der Waals surface area contributed by atoms with Gasteiger partial charge in [0, 0.05) is 17.0 Å². The molecule has 1 aromatic carbocycles. The van der Waals surface area contributed by atoms with Crippen LogP contribution in [0.15, 0.2) is 23.1 Å². The number of carbonyl (C=O) groups excluding carboxylic acids is 1. The molecule has 0 saturated carbocycles. The quantitative estimate of drug-likeness (QED) is 0.615. The first kappa shape index (κ1) is 10.4. The first-order chi connectivity index (χ1) is 7.18. The largest absolute Gasteiger partial charge is 0.465 e.